The standard InChI is InChI=1S/C16H19FN2O2.C7H11N.2C4H10/c1-10(2)15-8-14(18-19(15)9-11(3)20)12-5-6-13(17)16(7-12)21-4;1-4-5-6-8-7(2)3;2*1-3-4-2/h5-8,10H,9H2,1-4H3;4-6H,1H2,2-3H3;2*3-4H2,1-2H3/b;6-5-;;. The highest BCUT2D eigenvalue weighted by molar-refractivity contribution is 5.79. The van der Waals surface area contributed by atoms with Crippen molar-refractivity contribution in [1.29, 1.82) is 0 Å². The van der Waals surface area contributed by atoms with E-state index in [1.807, 2.05) is 33.8 Å². The van der Waals surface area contributed by atoms with Crippen molar-refractivity contribution in [2.75, 3.05) is 7.11 Å². The van der Waals surface area contributed by atoms with E-state index in [2.05, 4.69) is 44.4 Å². The lowest BCUT2D eigenvalue weighted by Crippen LogP contribution is -2.11. The lowest BCUT2D eigenvalue weighted by molar-refractivity contribution is -0.117. The largest absolute Gasteiger partial charge is 0.494 e. The van der Waals surface area contributed by atoms with Gasteiger partial charge in [-0.25, -0.2) is 4.39 Å². The first-order valence-corrected chi connectivity index (χ1v) is 13.2. The lowest BCUT2D eigenvalue weighted by atomic mass is 10.1. The van der Waals surface area contributed by atoms with Crippen LogP contribution in [0.4, 0.5) is 4.39 Å². The number of aliphatic imine (C=N–C) groups is 1. The number of ketones is 1. The van der Waals surface area contributed by atoms with Crippen LogP contribution in [0.3, 0.4) is 0 Å². The molecule has 0 aliphatic carbocycles. The van der Waals surface area contributed by atoms with Gasteiger partial charge in [0, 0.05) is 23.2 Å². The summed E-state index contributed by atoms with van der Waals surface area (Å²) in [4.78, 5) is 15.3. The molecule has 0 saturated heterocycles. The highest BCUT2D eigenvalue weighted by Crippen LogP contribution is 2.28. The molecule has 0 unspecified atom stereocenters. The minimum atomic E-state index is -0.409. The minimum absolute atomic E-state index is 0.0447. The van der Waals surface area contributed by atoms with Gasteiger partial charge in [-0.15, -0.1) is 0 Å². The maximum Gasteiger partial charge on any atom is 0.165 e. The summed E-state index contributed by atoms with van der Waals surface area (Å²) >= 11 is 0. The molecule has 0 aliphatic heterocycles. The number of halogens is 1. The average Bonchev–Trinajstić information content (AvgIpc) is 3.28. The topological polar surface area (TPSA) is 56.5 Å². The number of carbonyl (C=O) groups is 1. The molecule has 2 aromatic rings. The van der Waals surface area contributed by atoms with Gasteiger partial charge in [-0.2, -0.15) is 5.10 Å². The molecule has 208 valence electrons. The van der Waals surface area contributed by atoms with Gasteiger partial charge >= 0.3 is 0 Å². The number of allylic oxidation sites excluding steroid dienone is 2. The van der Waals surface area contributed by atoms with Gasteiger partial charge in [-0.05, 0) is 57.0 Å². The molecule has 1 heterocycles. The first kappa shape index (κ1) is 36.1. The Hall–Kier alpha value is -3.02. The van der Waals surface area contributed by atoms with Gasteiger partial charge in [-0.1, -0.05) is 79.9 Å². The number of benzene rings is 1. The number of ether oxygens (including phenoxy) is 1. The van der Waals surface area contributed by atoms with E-state index in [-0.39, 0.29) is 24.0 Å². The fourth-order valence-corrected chi connectivity index (χ4v) is 2.45. The van der Waals surface area contributed by atoms with Gasteiger partial charge in [0.15, 0.2) is 17.3 Å². The van der Waals surface area contributed by atoms with Crippen LogP contribution in [-0.4, -0.2) is 28.4 Å². The lowest BCUT2D eigenvalue weighted by Gasteiger charge is -2.07. The van der Waals surface area contributed by atoms with E-state index in [0.29, 0.717) is 5.69 Å². The third-order valence-electron chi connectivity index (χ3n) is 4.78. The number of aromatic nitrogens is 2. The second-order valence-electron chi connectivity index (χ2n) is 8.97. The van der Waals surface area contributed by atoms with Crippen LogP contribution in [0.25, 0.3) is 11.3 Å². The van der Waals surface area contributed by atoms with Crippen molar-refractivity contribution in [3.8, 4) is 17.0 Å². The Bertz CT molecular complexity index is 947. The number of nitrogens with zero attached hydrogens (tertiary/aromatic N) is 3. The van der Waals surface area contributed by atoms with Gasteiger partial charge in [0.05, 0.1) is 19.3 Å². The second-order valence-corrected chi connectivity index (χ2v) is 8.97. The summed E-state index contributed by atoms with van der Waals surface area (Å²) < 4.78 is 20.2. The molecule has 0 atom stereocenters. The van der Waals surface area contributed by atoms with Crippen LogP contribution in [0.5, 0.6) is 5.75 Å². The van der Waals surface area contributed by atoms with Crippen molar-refractivity contribution < 1.29 is 13.9 Å². The van der Waals surface area contributed by atoms with Crippen LogP contribution in [0, 0.1) is 5.82 Å². The predicted molar refractivity (Wildman–Crippen MR) is 158 cm³/mol. The monoisotopic (exact) mass is 515 g/mol. The van der Waals surface area contributed by atoms with Crippen molar-refractivity contribution in [2.45, 2.75) is 100 Å². The third kappa shape index (κ3) is 17.1. The summed E-state index contributed by atoms with van der Waals surface area (Å²) in [5.41, 5.74) is 3.50. The molecular weight excluding hydrogens is 465 g/mol. The summed E-state index contributed by atoms with van der Waals surface area (Å²) in [6.07, 6.45) is 10.5. The quantitative estimate of drug-likeness (QED) is 0.247. The summed E-state index contributed by atoms with van der Waals surface area (Å²) in [6, 6.07) is 6.55. The Balaban J connectivity index is 0. The van der Waals surface area contributed by atoms with Crippen LogP contribution in [0.1, 0.15) is 99.6 Å². The van der Waals surface area contributed by atoms with E-state index in [1.165, 1.54) is 45.8 Å². The zero-order valence-corrected chi connectivity index (χ0v) is 24.9. The molecule has 5 nitrogen and oxygen atoms in total. The van der Waals surface area contributed by atoms with Crippen molar-refractivity contribution >= 4 is 11.5 Å². The molecule has 0 fully saturated rings. The van der Waals surface area contributed by atoms with Crippen molar-refractivity contribution in [3.05, 3.63) is 60.7 Å². The number of Topliss-reactive ketones (excluding diaryl/α,β-unsaturated/α-hetero) is 1. The Morgan fingerprint density at radius 3 is 2.05 bits per heavy atom. The molecule has 0 spiro atoms. The number of hydrogen-bond donors (Lipinski definition) is 0. The van der Waals surface area contributed by atoms with Crippen LogP contribution >= 0.6 is 0 Å². The first-order valence-electron chi connectivity index (χ1n) is 13.2. The zero-order chi connectivity index (χ0) is 28.8. The smallest absolute Gasteiger partial charge is 0.165 e. The molecule has 1 aromatic heterocycles. The fraction of sp³-hybridized carbons (Fsp3) is 0.516. The molecule has 0 saturated carbocycles. The Labute approximate surface area is 225 Å². The predicted octanol–water partition coefficient (Wildman–Crippen LogP) is 9.19. The van der Waals surface area contributed by atoms with Crippen LogP contribution in [0.15, 0.2) is 54.2 Å². The van der Waals surface area contributed by atoms with E-state index < -0.39 is 5.82 Å². The maximum atomic E-state index is 13.5. The number of carbonyl (C=O) groups excluding carboxylic acids is 1. The van der Waals surface area contributed by atoms with Crippen LogP contribution in [-0.2, 0) is 11.3 Å². The summed E-state index contributed by atoms with van der Waals surface area (Å²) in [5, 5.41) is 4.46. The number of unbranched alkanes of at least 4 members (excludes halogenated alkanes) is 2. The normalized spacial score (nSPS) is 9.84. The minimum Gasteiger partial charge on any atom is -0.494 e. The van der Waals surface area contributed by atoms with Crippen molar-refractivity contribution in [2.24, 2.45) is 4.99 Å². The second kappa shape index (κ2) is 22.2. The molecule has 0 amide bonds. The van der Waals surface area contributed by atoms with Gasteiger partial charge < -0.3 is 4.74 Å². The Morgan fingerprint density at radius 2 is 1.65 bits per heavy atom. The van der Waals surface area contributed by atoms with E-state index in [9.17, 15) is 9.18 Å². The van der Waals surface area contributed by atoms with Gasteiger partial charge in [0.2, 0.25) is 0 Å². The van der Waals surface area contributed by atoms with E-state index in [0.717, 1.165) is 17.0 Å². The molecule has 2 rings (SSSR count). The molecule has 0 bridgehead atoms. The third-order valence-corrected chi connectivity index (χ3v) is 4.78. The molecule has 0 radical (unpaired) electrons. The average molecular weight is 516 g/mol. The molecular formula is C31H50FN3O2. The molecule has 1 aromatic carbocycles. The summed E-state index contributed by atoms with van der Waals surface area (Å²) in [7, 11) is 1.43. The molecule has 0 N–H and O–H groups in total. The van der Waals surface area contributed by atoms with Crippen molar-refractivity contribution in [1.82, 2.24) is 9.78 Å². The van der Waals surface area contributed by atoms with E-state index >= 15 is 0 Å². The fourth-order valence-electron chi connectivity index (χ4n) is 2.45. The van der Waals surface area contributed by atoms with Gasteiger partial charge in [0.25, 0.3) is 0 Å². The van der Waals surface area contributed by atoms with Gasteiger partial charge in [-0.3, -0.25) is 14.5 Å². The molecule has 0 aliphatic rings. The number of hydrogen-bond acceptors (Lipinski definition) is 4. The van der Waals surface area contributed by atoms with E-state index in [4.69, 9.17) is 4.74 Å². The molecule has 6 heteroatoms. The maximum absolute atomic E-state index is 13.5. The SMILES string of the molecule is C=C/C=C\N=C(C)C.CCCC.CCCC.COc1cc(-c2cc(C(C)C)n(CC(C)=O)n2)ccc1F. The Kier molecular flexibility index (Phi) is 21.7. The highest BCUT2D eigenvalue weighted by Gasteiger charge is 2.15. The van der Waals surface area contributed by atoms with Gasteiger partial charge in [0.1, 0.15) is 0 Å². The number of rotatable bonds is 9. The summed E-state index contributed by atoms with van der Waals surface area (Å²) in [6.45, 7) is 22.0. The van der Waals surface area contributed by atoms with Crippen molar-refractivity contribution in [3.63, 3.8) is 0 Å². The zero-order valence-electron chi connectivity index (χ0n) is 24.9. The molecule has 37 heavy (non-hydrogen) atoms. The van der Waals surface area contributed by atoms with E-state index in [1.54, 1.807) is 35.2 Å². The first-order chi connectivity index (χ1) is 17.5. The summed E-state index contributed by atoms with van der Waals surface area (Å²) in [5.74, 6) is 0.0596. The number of methoxy groups -OCH3 is 1. The highest BCUT2D eigenvalue weighted by atomic mass is 19.1. The van der Waals surface area contributed by atoms with Crippen LogP contribution in [0.2, 0.25) is 0 Å². The Morgan fingerprint density at radius 1 is 1.08 bits per heavy atom. The van der Waals surface area contributed by atoms with Crippen LogP contribution < -0.4 is 4.74 Å².